The number of hydrogen-bond donors (Lipinski definition) is 2. The van der Waals surface area contributed by atoms with Crippen molar-refractivity contribution in [3.63, 3.8) is 0 Å². The van der Waals surface area contributed by atoms with Crippen LogP contribution >= 0.6 is 11.8 Å². The van der Waals surface area contributed by atoms with Gasteiger partial charge < -0.3 is 15.2 Å². The van der Waals surface area contributed by atoms with E-state index in [-0.39, 0.29) is 22.7 Å². The summed E-state index contributed by atoms with van der Waals surface area (Å²) < 4.78 is 6.74. The summed E-state index contributed by atoms with van der Waals surface area (Å²) in [5.74, 6) is 0.112. The van der Waals surface area contributed by atoms with Crippen LogP contribution in [0.1, 0.15) is 12.5 Å². The van der Waals surface area contributed by atoms with E-state index in [1.54, 1.807) is 36.4 Å². The topological polar surface area (TPSA) is 93.5 Å². The Hall–Kier alpha value is -3.26. The van der Waals surface area contributed by atoms with Crippen molar-refractivity contribution in [1.82, 2.24) is 9.55 Å². The van der Waals surface area contributed by atoms with E-state index in [9.17, 15) is 14.7 Å². The summed E-state index contributed by atoms with van der Waals surface area (Å²) in [6.07, 6.45) is 0. The maximum absolute atomic E-state index is 12.4. The van der Waals surface area contributed by atoms with E-state index >= 15 is 0 Å². The van der Waals surface area contributed by atoms with Crippen molar-refractivity contribution in [2.45, 2.75) is 19.0 Å². The van der Waals surface area contributed by atoms with E-state index in [0.29, 0.717) is 18.0 Å². The minimum absolute atomic E-state index is 0.0228. The van der Waals surface area contributed by atoms with E-state index in [0.717, 1.165) is 29.1 Å². The van der Waals surface area contributed by atoms with Gasteiger partial charge in [0.2, 0.25) is 11.8 Å². The zero-order valence-electron chi connectivity index (χ0n) is 16.1. The highest BCUT2D eigenvalue weighted by Crippen LogP contribution is 2.21. The first kappa shape index (κ1) is 20.5. The van der Waals surface area contributed by atoms with Gasteiger partial charge in [0.15, 0.2) is 5.16 Å². The monoisotopic (exact) mass is 411 g/mol. The lowest BCUT2D eigenvalue weighted by Gasteiger charge is -2.12. The molecular formula is C21H21N3O4S. The molecule has 7 nitrogen and oxygen atoms in total. The van der Waals surface area contributed by atoms with Crippen molar-refractivity contribution in [2.75, 3.05) is 17.7 Å². The highest BCUT2D eigenvalue weighted by atomic mass is 32.2. The number of anilines is 1. The molecule has 0 aliphatic carbocycles. The fourth-order valence-corrected chi connectivity index (χ4v) is 3.42. The third-order valence-corrected chi connectivity index (χ3v) is 4.89. The molecule has 0 aliphatic heterocycles. The maximum Gasteiger partial charge on any atom is 0.262 e. The molecule has 0 unspecified atom stereocenters. The smallest absolute Gasteiger partial charge is 0.262 e. The quantitative estimate of drug-likeness (QED) is 0.457. The van der Waals surface area contributed by atoms with Crippen LogP contribution in [0.2, 0.25) is 0 Å². The molecule has 2 N–H and O–H groups in total. The number of hydrogen-bond acceptors (Lipinski definition) is 6. The summed E-state index contributed by atoms with van der Waals surface area (Å²) in [6.45, 7) is 4.42. The van der Waals surface area contributed by atoms with Crippen molar-refractivity contribution in [3.05, 3.63) is 70.5 Å². The van der Waals surface area contributed by atoms with Gasteiger partial charge >= 0.3 is 0 Å². The van der Waals surface area contributed by atoms with E-state index in [2.05, 4.69) is 10.3 Å². The van der Waals surface area contributed by atoms with Gasteiger partial charge in [0.1, 0.15) is 5.75 Å². The highest BCUT2D eigenvalue weighted by Gasteiger charge is 2.13. The third kappa shape index (κ3) is 5.39. The summed E-state index contributed by atoms with van der Waals surface area (Å²) in [6, 6.07) is 15.4. The van der Waals surface area contributed by atoms with E-state index < -0.39 is 5.56 Å². The Morgan fingerprint density at radius 1 is 1.17 bits per heavy atom. The lowest BCUT2D eigenvalue weighted by atomic mass is 10.2. The van der Waals surface area contributed by atoms with Crippen LogP contribution in [0.25, 0.3) is 5.69 Å². The largest absolute Gasteiger partial charge is 0.494 e. The van der Waals surface area contributed by atoms with Crippen molar-refractivity contribution in [3.8, 4) is 17.3 Å². The molecule has 150 valence electrons. The molecule has 3 rings (SSSR count). The first-order valence-electron chi connectivity index (χ1n) is 9.02. The number of aryl methyl sites for hydroxylation is 1. The van der Waals surface area contributed by atoms with Gasteiger partial charge in [-0.05, 0) is 50.2 Å². The number of amides is 1. The average molecular weight is 411 g/mol. The number of ether oxygens (including phenoxy) is 1. The fraction of sp³-hybridized carbons (Fsp3) is 0.190. The lowest BCUT2D eigenvalue weighted by Crippen LogP contribution is -2.21. The highest BCUT2D eigenvalue weighted by molar-refractivity contribution is 7.99. The Morgan fingerprint density at radius 2 is 1.86 bits per heavy atom. The average Bonchev–Trinajstić information content (AvgIpc) is 2.69. The normalized spacial score (nSPS) is 10.6. The minimum atomic E-state index is -0.421. The number of nitrogens with zero attached hydrogens (tertiary/aromatic N) is 2. The molecule has 0 radical (unpaired) electrons. The Labute approximate surface area is 172 Å². The van der Waals surface area contributed by atoms with E-state index in [4.69, 9.17) is 4.74 Å². The van der Waals surface area contributed by atoms with Gasteiger partial charge in [0.05, 0.1) is 24.1 Å². The van der Waals surface area contributed by atoms with Crippen LogP contribution in [0, 0.1) is 6.92 Å². The number of carbonyl (C=O) groups is 1. The fourth-order valence-electron chi connectivity index (χ4n) is 2.61. The predicted octanol–water partition coefficient (Wildman–Crippen LogP) is 3.38. The van der Waals surface area contributed by atoms with Crippen LogP contribution in [0.3, 0.4) is 0 Å². The summed E-state index contributed by atoms with van der Waals surface area (Å²) in [5.41, 5.74) is 1.88. The molecule has 0 bridgehead atoms. The Bertz CT molecular complexity index is 1050. The molecule has 0 fully saturated rings. The van der Waals surface area contributed by atoms with Crippen molar-refractivity contribution in [2.24, 2.45) is 0 Å². The second-order valence-electron chi connectivity index (χ2n) is 6.20. The molecule has 29 heavy (non-hydrogen) atoms. The van der Waals surface area contributed by atoms with Crippen molar-refractivity contribution in [1.29, 1.82) is 0 Å². The first-order valence-corrected chi connectivity index (χ1v) is 10.0. The summed E-state index contributed by atoms with van der Waals surface area (Å²) in [4.78, 5) is 28.8. The van der Waals surface area contributed by atoms with Crippen LogP contribution in [-0.2, 0) is 4.79 Å². The number of carbonyl (C=O) groups excluding carboxylic acids is 1. The number of nitrogens with one attached hydrogen (secondary N) is 1. The second kappa shape index (κ2) is 9.29. The summed E-state index contributed by atoms with van der Waals surface area (Å²) in [7, 11) is 0. The lowest BCUT2D eigenvalue weighted by molar-refractivity contribution is -0.113. The predicted molar refractivity (Wildman–Crippen MR) is 113 cm³/mol. The molecule has 0 saturated heterocycles. The molecule has 0 aliphatic rings. The Balaban J connectivity index is 1.73. The van der Waals surface area contributed by atoms with Gasteiger partial charge in [-0.1, -0.05) is 29.5 Å². The molecule has 2 aromatic carbocycles. The van der Waals surface area contributed by atoms with Gasteiger partial charge in [-0.15, -0.1) is 0 Å². The number of rotatable bonds is 7. The molecule has 0 atom stereocenters. The van der Waals surface area contributed by atoms with Crippen LogP contribution < -0.4 is 15.6 Å². The molecule has 1 heterocycles. The number of aromatic hydroxyl groups is 1. The van der Waals surface area contributed by atoms with Crippen LogP contribution in [-0.4, -0.2) is 32.9 Å². The molecule has 3 aromatic rings. The standard InChI is InChI=1S/C21H21N3O4S/c1-3-28-17-10-6-15(7-11-17)22-19(26)13-29-21-23-18(25)12-20(27)24(21)16-8-4-14(2)5-9-16/h4-12,25H,3,13H2,1-2H3,(H,22,26). The first-order chi connectivity index (χ1) is 14.0. The molecule has 1 aromatic heterocycles. The van der Waals surface area contributed by atoms with E-state index in [1.165, 1.54) is 4.57 Å². The Kier molecular flexibility index (Phi) is 6.56. The van der Waals surface area contributed by atoms with Crippen LogP contribution in [0.5, 0.6) is 11.6 Å². The van der Waals surface area contributed by atoms with Gasteiger partial charge in [0, 0.05) is 5.69 Å². The second-order valence-corrected chi connectivity index (χ2v) is 7.14. The zero-order chi connectivity index (χ0) is 20.8. The van der Waals surface area contributed by atoms with Gasteiger partial charge in [0.25, 0.3) is 5.56 Å². The van der Waals surface area contributed by atoms with Crippen molar-refractivity contribution < 1.29 is 14.6 Å². The maximum atomic E-state index is 12.4. The van der Waals surface area contributed by atoms with Gasteiger partial charge in [-0.2, -0.15) is 4.98 Å². The van der Waals surface area contributed by atoms with Crippen LogP contribution in [0.4, 0.5) is 5.69 Å². The number of aromatic nitrogens is 2. The molecule has 0 spiro atoms. The third-order valence-electron chi connectivity index (χ3n) is 3.95. The minimum Gasteiger partial charge on any atom is -0.494 e. The number of thioether (sulfide) groups is 1. The van der Waals surface area contributed by atoms with Gasteiger partial charge in [-0.25, -0.2) is 0 Å². The van der Waals surface area contributed by atoms with Gasteiger partial charge in [-0.3, -0.25) is 14.2 Å². The van der Waals surface area contributed by atoms with Crippen LogP contribution in [0.15, 0.2) is 64.5 Å². The Morgan fingerprint density at radius 3 is 2.52 bits per heavy atom. The molecule has 0 saturated carbocycles. The SMILES string of the molecule is CCOc1ccc(NC(=O)CSc2nc(O)cc(=O)n2-c2ccc(C)cc2)cc1. The summed E-state index contributed by atoms with van der Waals surface area (Å²) >= 11 is 1.07. The van der Waals surface area contributed by atoms with Crippen molar-refractivity contribution >= 4 is 23.4 Å². The summed E-state index contributed by atoms with van der Waals surface area (Å²) in [5, 5.41) is 12.8. The molecular weight excluding hydrogens is 390 g/mol. The van der Waals surface area contributed by atoms with E-state index in [1.807, 2.05) is 26.0 Å². The molecule has 8 heteroatoms. The zero-order valence-corrected chi connectivity index (χ0v) is 16.9. The molecule has 1 amide bonds. The number of benzene rings is 2.